The van der Waals surface area contributed by atoms with Crippen LogP contribution in [0.25, 0.3) is 0 Å². The van der Waals surface area contributed by atoms with E-state index >= 15 is 0 Å². The monoisotopic (exact) mass is 328 g/mol. The van der Waals surface area contributed by atoms with Crippen LogP contribution in [0, 0.1) is 18.7 Å². The number of aryl methyl sites for hydroxylation is 1. The van der Waals surface area contributed by atoms with Crippen LogP contribution < -0.4 is 10.2 Å². The van der Waals surface area contributed by atoms with Gasteiger partial charge >= 0.3 is 0 Å². The van der Waals surface area contributed by atoms with Gasteiger partial charge < -0.3 is 10.2 Å². The summed E-state index contributed by atoms with van der Waals surface area (Å²) in [6, 6.07) is 8.92. The molecule has 5 heteroatoms. The maximum atomic E-state index is 13.7. The van der Waals surface area contributed by atoms with Gasteiger partial charge in [0, 0.05) is 31.4 Å². The van der Waals surface area contributed by atoms with Gasteiger partial charge in [0.25, 0.3) is 0 Å². The van der Waals surface area contributed by atoms with E-state index in [1.54, 1.807) is 6.07 Å². The van der Waals surface area contributed by atoms with Gasteiger partial charge in [-0.2, -0.15) is 4.98 Å². The molecule has 1 aromatic carbocycles. The molecule has 128 valence electrons. The molecule has 4 nitrogen and oxygen atoms in total. The molecule has 0 aliphatic carbocycles. The lowest BCUT2D eigenvalue weighted by Crippen LogP contribution is -2.33. The molecule has 2 heterocycles. The number of nitrogens with zero attached hydrogens (tertiary/aromatic N) is 3. The second kappa shape index (κ2) is 7.60. The fourth-order valence-electron chi connectivity index (χ4n) is 3.04. The van der Waals surface area contributed by atoms with Crippen molar-refractivity contribution in [3.8, 4) is 0 Å². The van der Waals surface area contributed by atoms with Gasteiger partial charge in [-0.05, 0) is 43.7 Å². The first-order valence-corrected chi connectivity index (χ1v) is 8.70. The van der Waals surface area contributed by atoms with E-state index in [9.17, 15) is 4.39 Å². The molecule has 24 heavy (non-hydrogen) atoms. The molecule has 0 atom stereocenters. The highest BCUT2D eigenvalue weighted by Gasteiger charge is 2.17. The van der Waals surface area contributed by atoms with E-state index in [1.165, 1.54) is 18.9 Å². The highest BCUT2D eigenvalue weighted by atomic mass is 19.1. The van der Waals surface area contributed by atoms with Crippen molar-refractivity contribution in [3.05, 3.63) is 47.4 Å². The number of hydrogen-bond acceptors (Lipinski definition) is 4. The number of benzene rings is 1. The molecule has 0 unspecified atom stereocenters. The summed E-state index contributed by atoms with van der Waals surface area (Å²) in [6.45, 7) is 7.00. The number of halogens is 1. The largest absolute Gasteiger partial charge is 0.356 e. The van der Waals surface area contributed by atoms with Crippen LogP contribution in [0.4, 0.5) is 16.2 Å². The third-order valence-corrected chi connectivity index (χ3v) is 4.58. The van der Waals surface area contributed by atoms with Crippen LogP contribution in [-0.4, -0.2) is 29.6 Å². The zero-order chi connectivity index (χ0) is 16.9. The highest BCUT2D eigenvalue weighted by molar-refractivity contribution is 5.45. The van der Waals surface area contributed by atoms with Crippen LogP contribution in [0.3, 0.4) is 0 Å². The minimum Gasteiger partial charge on any atom is -0.356 e. The van der Waals surface area contributed by atoms with Gasteiger partial charge in [-0.1, -0.05) is 25.1 Å². The average molecular weight is 328 g/mol. The van der Waals surface area contributed by atoms with Crippen molar-refractivity contribution >= 4 is 11.8 Å². The lowest BCUT2D eigenvalue weighted by atomic mass is 9.99. The third-order valence-electron chi connectivity index (χ3n) is 4.58. The topological polar surface area (TPSA) is 41.1 Å². The molecular weight excluding hydrogens is 303 g/mol. The Labute approximate surface area is 143 Å². The Morgan fingerprint density at radius 3 is 2.71 bits per heavy atom. The van der Waals surface area contributed by atoms with Gasteiger partial charge in [0.05, 0.1) is 0 Å². The molecule has 1 fully saturated rings. The second-order valence-electron chi connectivity index (χ2n) is 6.63. The molecule has 0 spiro atoms. The van der Waals surface area contributed by atoms with Crippen LogP contribution in [0.5, 0.6) is 0 Å². The van der Waals surface area contributed by atoms with Gasteiger partial charge in [-0.25, -0.2) is 9.37 Å². The van der Waals surface area contributed by atoms with E-state index in [0.717, 1.165) is 30.5 Å². The molecule has 0 bridgehead atoms. The predicted molar refractivity (Wildman–Crippen MR) is 96.0 cm³/mol. The van der Waals surface area contributed by atoms with Crippen LogP contribution in [0.1, 0.15) is 31.0 Å². The predicted octanol–water partition coefficient (Wildman–Crippen LogP) is 3.82. The summed E-state index contributed by atoms with van der Waals surface area (Å²) in [5.41, 5.74) is 1.66. The number of aromatic nitrogens is 2. The standard InChI is InChI=1S/C19H25FN4/c1-14-8-11-24(12-9-14)18-13-15(2)22-19(23-18)21-10-7-16-5-3-4-6-17(16)20/h3-6,13-14H,7-12H2,1-2H3,(H,21,22,23). The van der Waals surface area contributed by atoms with Gasteiger partial charge in [0.2, 0.25) is 5.95 Å². The van der Waals surface area contributed by atoms with Crippen molar-refractivity contribution in [3.63, 3.8) is 0 Å². The zero-order valence-corrected chi connectivity index (χ0v) is 14.4. The summed E-state index contributed by atoms with van der Waals surface area (Å²) in [7, 11) is 0. The first kappa shape index (κ1) is 16.7. The van der Waals surface area contributed by atoms with Crippen LogP contribution >= 0.6 is 0 Å². The van der Waals surface area contributed by atoms with Crippen molar-refractivity contribution in [2.45, 2.75) is 33.1 Å². The Bertz CT molecular complexity index is 681. The highest BCUT2D eigenvalue weighted by Crippen LogP contribution is 2.22. The molecule has 1 N–H and O–H groups in total. The van der Waals surface area contributed by atoms with Crippen molar-refractivity contribution < 1.29 is 4.39 Å². The van der Waals surface area contributed by atoms with Crippen molar-refractivity contribution in [2.75, 3.05) is 29.9 Å². The molecule has 0 amide bonds. The van der Waals surface area contributed by atoms with Crippen molar-refractivity contribution in [1.29, 1.82) is 0 Å². The smallest absolute Gasteiger partial charge is 0.224 e. The second-order valence-corrected chi connectivity index (χ2v) is 6.63. The van der Waals surface area contributed by atoms with Gasteiger partial charge in [-0.15, -0.1) is 0 Å². The summed E-state index contributed by atoms with van der Waals surface area (Å²) in [4.78, 5) is 11.4. The van der Waals surface area contributed by atoms with E-state index in [4.69, 9.17) is 0 Å². The van der Waals surface area contributed by atoms with E-state index in [-0.39, 0.29) is 5.82 Å². The molecule has 0 radical (unpaired) electrons. The zero-order valence-electron chi connectivity index (χ0n) is 14.4. The molecule has 1 aromatic heterocycles. The third kappa shape index (κ3) is 4.22. The number of anilines is 2. The minimum absolute atomic E-state index is 0.160. The average Bonchev–Trinajstić information content (AvgIpc) is 2.57. The summed E-state index contributed by atoms with van der Waals surface area (Å²) in [5, 5.41) is 3.23. The molecule has 1 aliphatic heterocycles. The number of piperidine rings is 1. The summed E-state index contributed by atoms with van der Waals surface area (Å²) in [6.07, 6.45) is 3.03. The lowest BCUT2D eigenvalue weighted by Gasteiger charge is -2.31. The minimum atomic E-state index is -0.160. The number of hydrogen-bond donors (Lipinski definition) is 1. The molecule has 0 saturated carbocycles. The summed E-state index contributed by atoms with van der Waals surface area (Å²) < 4.78 is 13.7. The Kier molecular flexibility index (Phi) is 5.28. The maximum absolute atomic E-state index is 13.7. The van der Waals surface area contributed by atoms with Crippen LogP contribution in [0.2, 0.25) is 0 Å². The maximum Gasteiger partial charge on any atom is 0.224 e. The molecule has 2 aromatic rings. The lowest BCUT2D eigenvalue weighted by molar-refractivity contribution is 0.436. The molecule has 1 aliphatic rings. The Morgan fingerprint density at radius 1 is 1.21 bits per heavy atom. The van der Waals surface area contributed by atoms with Gasteiger partial charge in [-0.3, -0.25) is 0 Å². The molecule has 1 saturated heterocycles. The van der Waals surface area contributed by atoms with E-state index in [0.29, 0.717) is 24.5 Å². The number of rotatable bonds is 5. The summed E-state index contributed by atoms with van der Waals surface area (Å²) >= 11 is 0. The van der Waals surface area contributed by atoms with E-state index in [2.05, 4.69) is 27.1 Å². The summed E-state index contributed by atoms with van der Waals surface area (Å²) in [5.74, 6) is 2.25. The van der Waals surface area contributed by atoms with Gasteiger partial charge in [0.15, 0.2) is 0 Å². The first-order chi connectivity index (χ1) is 11.6. The van der Waals surface area contributed by atoms with Gasteiger partial charge in [0.1, 0.15) is 11.6 Å². The molecule has 3 rings (SSSR count). The van der Waals surface area contributed by atoms with E-state index < -0.39 is 0 Å². The normalized spacial score (nSPS) is 15.5. The first-order valence-electron chi connectivity index (χ1n) is 8.70. The van der Waals surface area contributed by atoms with E-state index in [1.807, 2.05) is 25.1 Å². The van der Waals surface area contributed by atoms with Crippen molar-refractivity contribution in [2.24, 2.45) is 5.92 Å². The Morgan fingerprint density at radius 2 is 1.96 bits per heavy atom. The van der Waals surface area contributed by atoms with Crippen molar-refractivity contribution in [1.82, 2.24) is 9.97 Å². The number of nitrogens with one attached hydrogen (secondary N) is 1. The fourth-order valence-corrected chi connectivity index (χ4v) is 3.04. The van der Waals surface area contributed by atoms with Crippen LogP contribution in [0.15, 0.2) is 30.3 Å². The Balaban J connectivity index is 1.62. The molecular formula is C19H25FN4. The quantitative estimate of drug-likeness (QED) is 0.906. The van der Waals surface area contributed by atoms with Crippen LogP contribution in [-0.2, 0) is 6.42 Å². The Hall–Kier alpha value is -2.17. The fraction of sp³-hybridized carbons (Fsp3) is 0.474. The SMILES string of the molecule is Cc1cc(N2CCC(C)CC2)nc(NCCc2ccccc2F)n1.